The number of carbonyl (C=O) groups excluding carboxylic acids is 1. The van der Waals surface area contributed by atoms with Crippen LogP contribution in [0, 0.1) is 6.92 Å². The SMILES string of the molecule is CCCc1cc(NC(=O)c2cc(N)ccc2C)n[nH]1. The number of nitrogens with one attached hydrogen (secondary N) is 2. The molecule has 0 radical (unpaired) electrons. The summed E-state index contributed by atoms with van der Waals surface area (Å²) in [6.07, 6.45) is 1.95. The van der Waals surface area contributed by atoms with Gasteiger partial charge in [-0.2, -0.15) is 5.10 Å². The highest BCUT2D eigenvalue weighted by molar-refractivity contribution is 6.05. The smallest absolute Gasteiger partial charge is 0.257 e. The number of hydrogen-bond donors (Lipinski definition) is 3. The third kappa shape index (κ3) is 3.13. The summed E-state index contributed by atoms with van der Waals surface area (Å²) in [7, 11) is 0. The molecule has 4 N–H and O–H groups in total. The summed E-state index contributed by atoms with van der Waals surface area (Å²) in [5, 5.41) is 9.73. The molecule has 0 fully saturated rings. The molecule has 1 aromatic heterocycles. The van der Waals surface area contributed by atoms with E-state index in [0.29, 0.717) is 17.1 Å². The largest absolute Gasteiger partial charge is 0.399 e. The van der Waals surface area contributed by atoms with E-state index in [1.807, 2.05) is 19.1 Å². The van der Waals surface area contributed by atoms with Crippen LogP contribution in [0.5, 0.6) is 0 Å². The van der Waals surface area contributed by atoms with E-state index in [1.54, 1.807) is 12.1 Å². The molecule has 1 aromatic carbocycles. The summed E-state index contributed by atoms with van der Waals surface area (Å²) in [6.45, 7) is 3.97. The fourth-order valence-corrected chi connectivity index (χ4v) is 1.89. The van der Waals surface area contributed by atoms with Crippen LogP contribution < -0.4 is 11.1 Å². The molecule has 0 aliphatic carbocycles. The Bertz CT molecular complexity index is 589. The Balaban J connectivity index is 2.13. The molecule has 1 heterocycles. The molecule has 0 saturated carbocycles. The molecule has 0 saturated heterocycles. The summed E-state index contributed by atoms with van der Waals surface area (Å²) in [5.41, 5.74) is 8.74. The molecule has 0 spiro atoms. The van der Waals surface area contributed by atoms with E-state index < -0.39 is 0 Å². The molecule has 1 amide bonds. The number of anilines is 2. The third-order valence-corrected chi connectivity index (χ3v) is 2.90. The highest BCUT2D eigenvalue weighted by Gasteiger charge is 2.11. The number of amides is 1. The summed E-state index contributed by atoms with van der Waals surface area (Å²) in [5.74, 6) is 0.342. The average molecular weight is 258 g/mol. The standard InChI is InChI=1S/C14H18N4O/c1-3-4-11-8-13(18-17-11)16-14(19)12-7-10(15)6-5-9(12)2/h5-8H,3-4,15H2,1-2H3,(H2,16,17,18,19). The molecule has 0 aliphatic rings. The lowest BCUT2D eigenvalue weighted by Gasteiger charge is -2.06. The first kappa shape index (κ1) is 13.1. The maximum Gasteiger partial charge on any atom is 0.257 e. The van der Waals surface area contributed by atoms with Crippen molar-refractivity contribution in [3.8, 4) is 0 Å². The zero-order valence-corrected chi connectivity index (χ0v) is 11.2. The fraction of sp³-hybridized carbons (Fsp3) is 0.286. The van der Waals surface area contributed by atoms with E-state index in [0.717, 1.165) is 24.1 Å². The maximum atomic E-state index is 12.1. The van der Waals surface area contributed by atoms with Crippen LogP contribution in [0.4, 0.5) is 11.5 Å². The summed E-state index contributed by atoms with van der Waals surface area (Å²) in [6, 6.07) is 7.13. The van der Waals surface area contributed by atoms with Gasteiger partial charge in [0.1, 0.15) is 0 Å². The second-order valence-electron chi connectivity index (χ2n) is 4.56. The predicted octanol–water partition coefficient (Wildman–Crippen LogP) is 2.51. The van der Waals surface area contributed by atoms with Crippen LogP contribution in [0.15, 0.2) is 24.3 Å². The number of rotatable bonds is 4. The Labute approximate surface area is 112 Å². The van der Waals surface area contributed by atoms with Gasteiger partial charge in [-0.1, -0.05) is 19.4 Å². The predicted molar refractivity (Wildman–Crippen MR) is 76.1 cm³/mol. The van der Waals surface area contributed by atoms with E-state index >= 15 is 0 Å². The lowest BCUT2D eigenvalue weighted by molar-refractivity contribution is 0.102. The minimum atomic E-state index is -0.195. The van der Waals surface area contributed by atoms with Crippen molar-refractivity contribution in [3.63, 3.8) is 0 Å². The number of aromatic nitrogens is 2. The van der Waals surface area contributed by atoms with Gasteiger partial charge in [-0.3, -0.25) is 9.89 Å². The number of nitrogen functional groups attached to an aromatic ring is 1. The van der Waals surface area contributed by atoms with Gasteiger partial charge in [0.15, 0.2) is 5.82 Å². The van der Waals surface area contributed by atoms with Gasteiger partial charge in [-0.25, -0.2) is 0 Å². The van der Waals surface area contributed by atoms with Gasteiger partial charge < -0.3 is 11.1 Å². The van der Waals surface area contributed by atoms with Crippen molar-refractivity contribution in [3.05, 3.63) is 41.1 Å². The van der Waals surface area contributed by atoms with Gasteiger partial charge in [0, 0.05) is 23.0 Å². The van der Waals surface area contributed by atoms with Crippen molar-refractivity contribution >= 4 is 17.4 Å². The second-order valence-corrected chi connectivity index (χ2v) is 4.56. The van der Waals surface area contributed by atoms with E-state index in [1.165, 1.54) is 0 Å². The Morgan fingerprint density at radius 3 is 2.95 bits per heavy atom. The Morgan fingerprint density at radius 2 is 2.21 bits per heavy atom. The number of nitrogens with zero attached hydrogens (tertiary/aromatic N) is 1. The Kier molecular flexibility index (Phi) is 3.85. The first-order valence-electron chi connectivity index (χ1n) is 6.32. The van der Waals surface area contributed by atoms with Crippen LogP contribution in [0.1, 0.15) is 35.0 Å². The number of carbonyl (C=O) groups is 1. The minimum absolute atomic E-state index is 0.195. The first-order chi connectivity index (χ1) is 9.10. The molecular formula is C14H18N4O. The Morgan fingerprint density at radius 1 is 1.42 bits per heavy atom. The number of aryl methyl sites for hydroxylation is 2. The third-order valence-electron chi connectivity index (χ3n) is 2.90. The van der Waals surface area contributed by atoms with Gasteiger partial charge in [0.05, 0.1) is 0 Å². The van der Waals surface area contributed by atoms with Gasteiger partial charge in [0.2, 0.25) is 0 Å². The molecule has 0 atom stereocenters. The van der Waals surface area contributed by atoms with Crippen LogP contribution in [0.25, 0.3) is 0 Å². The highest BCUT2D eigenvalue weighted by Crippen LogP contribution is 2.15. The molecule has 5 heteroatoms. The molecule has 0 aliphatic heterocycles. The number of nitrogens with two attached hydrogens (primary N) is 1. The highest BCUT2D eigenvalue weighted by atomic mass is 16.1. The van der Waals surface area contributed by atoms with Crippen LogP contribution >= 0.6 is 0 Å². The van der Waals surface area contributed by atoms with Gasteiger partial charge in [-0.05, 0) is 31.0 Å². The van der Waals surface area contributed by atoms with Crippen molar-refractivity contribution in [2.45, 2.75) is 26.7 Å². The van der Waals surface area contributed by atoms with E-state index in [2.05, 4.69) is 22.4 Å². The summed E-state index contributed by atoms with van der Waals surface area (Å²) < 4.78 is 0. The monoisotopic (exact) mass is 258 g/mol. The molecule has 19 heavy (non-hydrogen) atoms. The molecule has 2 aromatic rings. The van der Waals surface area contributed by atoms with Crippen molar-refractivity contribution in [2.24, 2.45) is 0 Å². The van der Waals surface area contributed by atoms with Crippen LogP contribution in [0.2, 0.25) is 0 Å². The quantitative estimate of drug-likeness (QED) is 0.737. The topological polar surface area (TPSA) is 83.8 Å². The van der Waals surface area contributed by atoms with E-state index in [-0.39, 0.29) is 5.91 Å². The van der Waals surface area contributed by atoms with Crippen molar-refractivity contribution < 1.29 is 4.79 Å². The molecule has 2 rings (SSSR count). The Hall–Kier alpha value is -2.30. The van der Waals surface area contributed by atoms with E-state index in [4.69, 9.17) is 5.73 Å². The van der Waals surface area contributed by atoms with Gasteiger partial charge in [-0.15, -0.1) is 0 Å². The van der Waals surface area contributed by atoms with Crippen LogP contribution in [-0.4, -0.2) is 16.1 Å². The number of hydrogen-bond acceptors (Lipinski definition) is 3. The molecule has 5 nitrogen and oxygen atoms in total. The number of benzene rings is 1. The van der Waals surface area contributed by atoms with Crippen LogP contribution in [0.3, 0.4) is 0 Å². The lowest BCUT2D eigenvalue weighted by atomic mass is 10.1. The lowest BCUT2D eigenvalue weighted by Crippen LogP contribution is -2.14. The average Bonchev–Trinajstić information content (AvgIpc) is 2.80. The van der Waals surface area contributed by atoms with Gasteiger partial charge in [0.25, 0.3) is 5.91 Å². The molecule has 100 valence electrons. The normalized spacial score (nSPS) is 10.4. The number of H-pyrrole nitrogens is 1. The molecule has 0 bridgehead atoms. The first-order valence-corrected chi connectivity index (χ1v) is 6.32. The molecule has 0 unspecified atom stereocenters. The van der Waals surface area contributed by atoms with Crippen molar-refractivity contribution in [1.29, 1.82) is 0 Å². The van der Waals surface area contributed by atoms with Crippen LogP contribution in [-0.2, 0) is 6.42 Å². The fourth-order valence-electron chi connectivity index (χ4n) is 1.89. The van der Waals surface area contributed by atoms with Gasteiger partial charge >= 0.3 is 0 Å². The van der Waals surface area contributed by atoms with Crippen molar-refractivity contribution in [1.82, 2.24) is 10.2 Å². The van der Waals surface area contributed by atoms with E-state index in [9.17, 15) is 4.79 Å². The zero-order chi connectivity index (χ0) is 13.8. The zero-order valence-electron chi connectivity index (χ0n) is 11.2. The maximum absolute atomic E-state index is 12.1. The second kappa shape index (κ2) is 5.56. The summed E-state index contributed by atoms with van der Waals surface area (Å²) in [4.78, 5) is 12.1. The van der Waals surface area contributed by atoms with Crippen molar-refractivity contribution in [2.75, 3.05) is 11.1 Å². The summed E-state index contributed by atoms with van der Waals surface area (Å²) >= 11 is 0. The molecular weight excluding hydrogens is 240 g/mol. The number of aromatic amines is 1. The minimum Gasteiger partial charge on any atom is -0.399 e.